The van der Waals surface area contributed by atoms with Crippen molar-refractivity contribution >= 4 is 11.9 Å². The Balaban J connectivity index is 0. The smallest absolute Gasteiger partial charge is 0.302 e. The predicted octanol–water partition coefficient (Wildman–Crippen LogP) is -1.56. The van der Waals surface area contributed by atoms with Crippen molar-refractivity contribution in [1.29, 1.82) is 0 Å². The van der Waals surface area contributed by atoms with Crippen LogP contribution in [0.4, 0.5) is 0 Å². The third kappa shape index (κ3) is 16.4. The molecule has 0 aromatic heterocycles. The number of esters is 2. The van der Waals surface area contributed by atoms with E-state index >= 15 is 0 Å². The molecule has 0 bridgehead atoms. The summed E-state index contributed by atoms with van der Waals surface area (Å²) in [5.74, 6) is -0.419. The Labute approximate surface area is 164 Å². The third-order valence-corrected chi connectivity index (χ3v) is 4.03. The molecule has 0 radical (unpaired) electrons. The van der Waals surface area contributed by atoms with Crippen molar-refractivity contribution in [3.8, 4) is 0 Å². The standard InChI is InChI=1S/C17H36N2O4.HI/c1-16(20)22-14-12-18(3,4)10-8-7-9-11-19(5,6)13-15-23-17(2)21;/h7-15H2,1-6H3;1H/q+2;/p-1. The van der Waals surface area contributed by atoms with Gasteiger partial charge >= 0.3 is 11.9 Å². The molecule has 144 valence electrons. The van der Waals surface area contributed by atoms with E-state index in [1.807, 2.05) is 0 Å². The first-order valence-corrected chi connectivity index (χ1v) is 8.45. The molecule has 24 heavy (non-hydrogen) atoms. The van der Waals surface area contributed by atoms with Crippen LogP contribution in [0, 0.1) is 0 Å². The van der Waals surface area contributed by atoms with Gasteiger partial charge in [-0.15, -0.1) is 0 Å². The summed E-state index contributed by atoms with van der Waals surface area (Å²) in [6, 6.07) is 0. The van der Waals surface area contributed by atoms with Gasteiger partial charge in [0, 0.05) is 13.8 Å². The number of unbranched alkanes of at least 4 members (excludes halogenated alkanes) is 2. The summed E-state index contributed by atoms with van der Waals surface area (Å²) in [5.41, 5.74) is 0. The lowest BCUT2D eigenvalue weighted by Crippen LogP contribution is -3.00. The van der Waals surface area contributed by atoms with Gasteiger partial charge in [-0.1, -0.05) is 0 Å². The largest absolute Gasteiger partial charge is 1.00 e. The molecule has 0 aromatic carbocycles. The maximum Gasteiger partial charge on any atom is 0.302 e. The molecular weight excluding hydrogens is 423 g/mol. The molecular formula is C17H36IN2O4+. The number of carbonyl (C=O) groups excluding carboxylic acids is 2. The van der Waals surface area contributed by atoms with Crippen LogP contribution in [0.15, 0.2) is 0 Å². The summed E-state index contributed by atoms with van der Waals surface area (Å²) in [6.07, 6.45) is 3.51. The Morgan fingerprint density at radius 3 is 1.29 bits per heavy atom. The van der Waals surface area contributed by atoms with Crippen molar-refractivity contribution in [1.82, 2.24) is 0 Å². The highest BCUT2D eigenvalue weighted by atomic mass is 127. The van der Waals surface area contributed by atoms with Gasteiger partial charge in [-0.2, -0.15) is 0 Å². The van der Waals surface area contributed by atoms with E-state index in [1.165, 1.54) is 20.3 Å². The van der Waals surface area contributed by atoms with Crippen LogP contribution in [-0.4, -0.2) is 88.5 Å². The van der Waals surface area contributed by atoms with Crippen LogP contribution >= 0.6 is 0 Å². The van der Waals surface area contributed by atoms with Crippen molar-refractivity contribution in [2.24, 2.45) is 0 Å². The first kappa shape index (κ1) is 25.8. The topological polar surface area (TPSA) is 52.6 Å². The monoisotopic (exact) mass is 459 g/mol. The minimum Gasteiger partial charge on any atom is -1.00 e. The van der Waals surface area contributed by atoms with Crippen LogP contribution in [-0.2, 0) is 19.1 Å². The Morgan fingerprint density at radius 1 is 0.667 bits per heavy atom. The average molecular weight is 459 g/mol. The number of hydrogen-bond donors (Lipinski definition) is 0. The van der Waals surface area contributed by atoms with E-state index in [2.05, 4.69) is 28.2 Å². The molecule has 0 saturated heterocycles. The van der Waals surface area contributed by atoms with Gasteiger partial charge in [0.05, 0.1) is 41.3 Å². The fraction of sp³-hybridized carbons (Fsp3) is 0.882. The molecule has 0 amide bonds. The van der Waals surface area contributed by atoms with Gasteiger partial charge < -0.3 is 42.4 Å². The maximum atomic E-state index is 10.8. The first-order valence-electron chi connectivity index (χ1n) is 8.45. The second-order valence-corrected chi connectivity index (χ2v) is 7.51. The zero-order valence-electron chi connectivity index (χ0n) is 16.3. The highest BCUT2D eigenvalue weighted by Gasteiger charge is 2.17. The van der Waals surface area contributed by atoms with E-state index in [4.69, 9.17) is 9.47 Å². The van der Waals surface area contributed by atoms with Crippen molar-refractivity contribution < 1.29 is 52.0 Å². The van der Waals surface area contributed by atoms with E-state index < -0.39 is 0 Å². The summed E-state index contributed by atoms with van der Waals surface area (Å²) >= 11 is 0. The van der Waals surface area contributed by atoms with Gasteiger partial charge in [0.25, 0.3) is 0 Å². The second-order valence-electron chi connectivity index (χ2n) is 7.51. The minimum atomic E-state index is -0.209. The zero-order valence-corrected chi connectivity index (χ0v) is 18.4. The molecule has 0 saturated carbocycles. The van der Waals surface area contributed by atoms with Crippen molar-refractivity contribution in [2.45, 2.75) is 33.1 Å². The van der Waals surface area contributed by atoms with Crippen LogP contribution in [0.2, 0.25) is 0 Å². The van der Waals surface area contributed by atoms with E-state index in [9.17, 15) is 9.59 Å². The number of halogens is 1. The van der Waals surface area contributed by atoms with Crippen LogP contribution in [0.5, 0.6) is 0 Å². The Kier molecular flexibility index (Phi) is 13.9. The van der Waals surface area contributed by atoms with Crippen LogP contribution in [0.1, 0.15) is 33.1 Å². The molecule has 6 nitrogen and oxygen atoms in total. The molecule has 0 fully saturated rings. The molecule has 0 atom stereocenters. The molecule has 7 heteroatoms. The van der Waals surface area contributed by atoms with Gasteiger partial charge in [0.15, 0.2) is 0 Å². The van der Waals surface area contributed by atoms with Gasteiger partial charge in [-0.25, -0.2) is 0 Å². The quantitative estimate of drug-likeness (QED) is 0.153. The molecule has 0 aliphatic heterocycles. The molecule has 0 unspecified atom stereocenters. The molecule has 0 aromatic rings. The summed E-state index contributed by atoms with van der Waals surface area (Å²) in [5, 5.41) is 0. The van der Waals surface area contributed by atoms with E-state index in [0.717, 1.165) is 48.0 Å². The average Bonchev–Trinajstić information content (AvgIpc) is 2.36. The van der Waals surface area contributed by atoms with E-state index in [0.29, 0.717) is 13.2 Å². The van der Waals surface area contributed by atoms with Crippen LogP contribution < -0.4 is 24.0 Å². The lowest BCUT2D eigenvalue weighted by molar-refractivity contribution is -0.892. The van der Waals surface area contributed by atoms with Gasteiger partial charge in [-0.3, -0.25) is 9.59 Å². The number of quaternary nitrogens is 2. The fourth-order valence-corrected chi connectivity index (χ4v) is 2.35. The molecule has 0 aliphatic carbocycles. The minimum absolute atomic E-state index is 0. The molecule has 0 rings (SSSR count). The molecule has 0 heterocycles. The van der Waals surface area contributed by atoms with Crippen molar-refractivity contribution in [3.05, 3.63) is 0 Å². The van der Waals surface area contributed by atoms with Crippen molar-refractivity contribution in [2.75, 3.05) is 67.6 Å². The summed E-state index contributed by atoms with van der Waals surface area (Å²) in [7, 11) is 8.68. The highest BCUT2D eigenvalue weighted by molar-refractivity contribution is 5.66. The van der Waals surface area contributed by atoms with Gasteiger partial charge in [-0.05, 0) is 19.3 Å². The maximum absolute atomic E-state index is 10.8. The molecule has 0 N–H and O–H groups in total. The number of hydrogen-bond acceptors (Lipinski definition) is 4. The second kappa shape index (κ2) is 12.9. The summed E-state index contributed by atoms with van der Waals surface area (Å²) < 4.78 is 11.8. The summed E-state index contributed by atoms with van der Waals surface area (Å²) in [4.78, 5) is 21.6. The number of nitrogens with zero attached hydrogens (tertiary/aromatic N) is 2. The first-order chi connectivity index (χ1) is 10.5. The number of carbonyl (C=O) groups is 2. The van der Waals surface area contributed by atoms with E-state index in [-0.39, 0.29) is 35.9 Å². The zero-order chi connectivity index (χ0) is 17.9. The van der Waals surface area contributed by atoms with Crippen molar-refractivity contribution in [3.63, 3.8) is 0 Å². The lowest BCUT2D eigenvalue weighted by Gasteiger charge is -2.31. The van der Waals surface area contributed by atoms with E-state index in [1.54, 1.807) is 0 Å². The van der Waals surface area contributed by atoms with Gasteiger partial charge in [0.1, 0.15) is 26.3 Å². The number of ether oxygens (including phenoxy) is 2. The van der Waals surface area contributed by atoms with Crippen LogP contribution in [0.25, 0.3) is 0 Å². The summed E-state index contributed by atoms with van der Waals surface area (Å²) in [6.45, 7) is 7.74. The van der Waals surface area contributed by atoms with Gasteiger partial charge in [0.2, 0.25) is 0 Å². The Hall–Kier alpha value is -0.410. The number of likely N-dealkylation sites (N-methyl/N-ethyl adjacent to an activating group) is 2. The molecule has 0 spiro atoms. The normalized spacial score (nSPS) is 11.6. The number of rotatable bonds is 12. The predicted molar refractivity (Wildman–Crippen MR) is 90.8 cm³/mol. The fourth-order valence-electron chi connectivity index (χ4n) is 2.35. The SMILES string of the molecule is CC(=O)OCC[N+](C)(C)CCCCC[N+](C)(C)CCOC(C)=O.[I-]. The third-order valence-electron chi connectivity index (χ3n) is 4.03. The highest BCUT2D eigenvalue weighted by Crippen LogP contribution is 2.07. The lowest BCUT2D eigenvalue weighted by atomic mass is 10.2. The molecule has 0 aliphatic rings. The van der Waals surface area contributed by atoms with Crippen LogP contribution in [0.3, 0.4) is 0 Å². The Bertz CT molecular complexity index is 340. The Morgan fingerprint density at radius 2 is 1.00 bits per heavy atom.